The van der Waals surface area contributed by atoms with Crippen LogP contribution in [0.2, 0.25) is 0 Å². The van der Waals surface area contributed by atoms with Crippen LogP contribution in [0.15, 0.2) is 22.7 Å². The maximum atomic E-state index is 11.0. The number of nitrogens with zero attached hydrogens (tertiary/aromatic N) is 1. The fourth-order valence-electron chi connectivity index (χ4n) is 1.94. The number of ether oxygens (including phenoxy) is 2. The first-order chi connectivity index (χ1) is 9.02. The third-order valence-electron chi connectivity index (χ3n) is 2.94. The molecule has 1 aliphatic carbocycles. The molecule has 0 aliphatic heterocycles. The van der Waals surface area contributed by atoms with E-state index in [0.29, 0.717) is 17.5 Å². The second-order valence-corrected chi connectivity index (χ2v) is 5.67. The van der Waals surface area contributed by atoms with Crippen molar-refractivity contribution in [2.45, 2.75) is 30.9 Å². The maximum absolute atomic E-state index is 11.0. The van der Waals surface area contributed by atoms with Gasteiger partial charge in [-0.05, 0) is 19.1 Å². The van der Waals surface area contributed by atoms with Crippen molar-refractivity contribution in [3.05, 3.63) is 32.8 Å². The minimum absolute atomic E-state index is 0.0670. The first kappa shape index (κ1) is 14.6. The molecule has 5 nitrogen and oxygen atoms in total. The lowest BCUT2D eigenvalue weighted by molar-refractivity contribution is -0.386. The van der Waals surface area contributed by atoms with E-state index in [1.54, 1.807) is 12.1 Å². The van der Waals surface area contributed by atoms with Crippen molar-refractivity contribution in [2.75, 3.05) is 6.61 Å². The van der Waals surface area contributed by atoms with Crippen molar-refractivity contribution >= 4 is 33.2 Å². The average molecular weight is 351 g/mol. The lowest BCUT2D eigenvalue weighted by Gasteiger charge is -2.40. The molecule has 0 amide bonds. The van der Waals surface area contributed by atoms with Crippen LogP contribution in [0.1, 0.15) is 13.3 Å². The van der Waals surface area contributed by atoms with Crippen LogP contribution in [0, 0.1) is 10.1 Å². The highest BCUT2D eigenvalue weighted by molar-refractivity contribution is 9.10. The van der Waals surface area contributed by atoms with E-state index in [2.05, 4.69) is 15.9 Å². The Morgan fingerprint density at radius 3 is 2.89 bits per heavy atom. The molecule has 0 radical (unpaired) electrons. The van der Waals surface area contributed by atoms with E-state index in [1.165, 1.54) is 6.07 Å². The quantitative estimate of drug-likeness (QED) is 0.463. The van der Waals surface area contributed by atoms with Crippen LogP contribution in [0.4, 0.5) is 5.69 Å². The van der Waals surface area contributed by atoms with E-state index in [1.807, 2.05) is 6.92 Å². The number of benzene rings is 1. The monoisotopic (exact) mass is 349 g/mol. The minimum atomic E-state index is -0.466. The molecular weight excluding hydrogens is 337 g/mol. The standard InChI is InChI=1S/C12H13BrClNO4/c1-2-18-12-8(14)6-11(12)19-10-4-3-7(13)5-9(10)15(16)17/h3-5,8,11-12H,2,6H2,1H3. The van der Waals surface area contributed by atoms with Gasteiger partial charge >= 0.3 is 5.69 Å². The van der Waals surface area contributed by atoms with Crippen molar-refractivity contribution in [3.63, 3.8) is 0 Å². The van der Waals surface area contributed by atoms with E-state index < -0.39 is 4.92 Å². The van der Waals surface area contributed by atoms with Gasteiger partial charge in [0, 0.05) is 23.6 Å². The zero-order valence-electron chi connectivity index (χ0n) is 10.2. The second kappa shape index (κ2) is 6.07. The molecule has 19 heavy (non-hydrogen) atoms. The minimum Gasteiger partial charge on any atom is -0.481 e. The molecule has 2 rings (SSSR count). The van der Waals surface area contributed by atoms with Gasteiger partial charge in [0.1, 0.15) is 12.2 Å². The number of nitro groups is 1. The Hall–Kier alpha value is -0.850. The molecule has 7 heteroatoms. The Labute approximate surface area is 124 Å². The smallest absolute Gasteiger partial charge is 0.312 e. The normalized spacial score (nSPS) is 25.7. The van der Waals surface area contributed by atoms with Gasteiger partial charge in [-0.15, -0.1) is 11.6 Å². The number of hydrogen-bond donors (Lipinski definition) is 0. The Morgan fingerprint density at radius 2 is 2.32 bits per heavy atom. The van der Waals surface area contributed by atoms with Crippen LogP contribution < -0.4 is 4.74 Å². The fourth-order valence-corrected chi connectivity index (χ4v) is 2.70. The molecule has 0 heterocycles. The molecule has 104 valence electrons. The number of alkyl halides is 1. The van der Waals surface area contributed by atoms with Gasteiger partial charge in [0.25, 0.3) is 0 Å². The van der Waals surface area contributed by atoms with Crippen LogP contribution >= 0.6 is 27.5 Å². The van der Waals surface area contributed by atoms with Gasteiger partial charge in [0.15, 0.2) is 5.75 Å². The first-order valence-corrected chi connectivity index (χ1v) is 7.12. The van der Waals surface area contributed by atoms with Crippen molar-refractivity contribution in [2.24, 2.45) is 0 Å². The topological polar surface area (TPSA) is 61.6 Å². The van der Waals surface area contributed by atoms with Crippen LogP contribution in [0.25, 0.3) is 0 Å². The fraction of sp³-hybridized carbons (Fsp3) is 0.500. The summed E-state index contributed by atoms with van der Waals surface area (Å²) in [5.41, 5.74) is -0.0670. The Morgan fingerprint density at radius 1 is 1.58 bits per heavy atom. The zero-order chi connectivity index (χ0) is 14.0. The summed E-state index contributed by atoms with van der Waals surface area (Å²) in [6.07, 6.45) is 0.177. The van der Waals surface area contributed by atoms with Gasteiger partial charge in [-0.2, -0.15) is 0 Å². The highest BCUT2D eigenvalue weighted by Crippen LogP contribution is 2.37. The molecule has 0 aromatic heterocycles. The van der Waals surface area contributed by atoms with E-state index >= 15 is 0 Å². The molecule has 0 saturated heterocycles. The summed E-state index contributed by atoms with van der Waals surface area (Å²) < 4.78 is 11.8. The lowest BCUT2D eigenvalue weighted by atomic mass is 9.91. The highest BCUT2D eigenvalue weighted by Gasteiger charge is 2.43. The Bertz CT molecular complexity index is 485. The van der Waals surface area contributed by atoms with E-state index in [4.69, 9.17) is 21.1 Å². The van der Waals surface area contributed by atoms with E-state index in [-0.39, 0.29) is 29.0 Å². The largest absolute Gasteiger partial charge is 0.481 e. The van der Waals surface area contributed by atoms with Gasteiger partial charge in [-0.1, -0.05) is 15.9 Å². The lowest BCUT2D eigenvalue weighted by Crippen LogP contribution is -2.52. The van der Waals surface area contributed by atoms with Gasteiger partial charge in [-0.25, -0.2) is 0 Å². The molecule has 3 unspecified atom stereocenters. The van der Waals surface area contributed by atoms with Crippen molar-refractivity contribution < 1.29 is 14.4 Å². The van der Waals surface area contributed by atoms with Crippen LogP contribution in [-0.4, -0.2) is 29.1 Å². The van der Waals surface area contributed by atoms with Gasteiger partial charge in [0.05, 0.1) is 10.3 Å². The number of hydrogen-bond acceptors (Lipinski definition) is 4. The molecule has 0 spiro atoms. The highest BCUT2D eigenvalue weighted by atomic mass is 79.9. The SMILES string of the molecule is CCOC1C(Cl)CC1Oc1ccc(Br)cc1[N+](=O)[O-]. The molecule has 1 aromatic carbocycles. The molecule has 1 fully saturated rings. The van der Waals surface area contributed by atoms with Crippen molar-refractivity contribution in [3.8, 4) is 5.75 Å². The summed E-state index contributed by atoms with van der Waals surface area (Å²) in [5, 5.41) is 10.9. The molecule has 1 aliphatic rings. The summed E-state index contributed by atoms with van der Waals surface area (Å²) in [4.78, 5) is 10.5. The number of rotatable bonds is 5. The summed E-state index contributed by atoms with van der Waals surface area (Å²) >= 11 is 9.24. The molecule has 1 saturated carbocycles. The molecule has 1 aromatic rings. The average Bonchev–Trinajstić information content (AvgIpc) is 2.37. The summed E-state index contributed by atoms with van der Waals surface area (Å²) in [5.74, 6) is 0.242. The third-order valence-corrected chi connectivity index (χ3v) is 3.86. The van der Waals surface area contributed by atoms with Crippen LogP contribution in [-0.2, 0) is 4.74 Å². The van der Waals surface area contributed by atoms with Crippen molar-refractivity contribution in [1.29, 1.82) is 0 Å². The van der Waals surface area contributed by atoms with Crippen molar-refractivity contribution in [1.82, 2.24) is 0 Å². The van der Waals surface area contributed by atoms with Gasteiger partial charge < -0.3 is 9.47 Å². The van der Waals surface area contributed by atoms with Crippen LogP contribution in [0.3, 0.4) is 0 Å². The van der Waals surface area contributed by atoms with E-state index in [0.717, 1.165) is 0 Å². The number of halogens is 2. The number of nitro benzene ring substituents is 1. The molecule has 0 bridgehead atoms. The molecular formula is C12H13BrClNO4. The predicted octanol–water partition coefficient (Wildman–Crippen LogP) is 3.52. The van der Waals surface area contributed by atoms with Gasteiger partial charge in [0.2, 0.25) is 0 Å². The predicted molar refractivity (Wildman–Crippen MR) is 74.9 cm³/mol. The molecule has 0 N–H and O–H groups in total. The molecule has 3 atom stereocenters. The summed E-state index contributed by atoms with van der Waals surface area (Å²) in [6, 6.07) is 4.70. The van der Waals surface area contributed by atoms with Crippen LogP contribution in [0.5, 0.6) is 5.75 Å². The Kier molecular flexibility index (Phi) is 4.65. The van der Waals surface area contributed by atoms with E-state index in [9.17, 15) is 10.1 Å². The second-order valence-electron chi connectivity index (χ2n) is 4.20. The Balaban J connectivity index is 2.13. The summed E-state index contributed by atoms with van der Waals surface area (Å²) in [6.45, 7) is 2.41. The summed E-state index contributed by atoms with van der Waals surface area (Å²) in [7, 11) is 0. The zero-order valence-corrected chi connectivity index (χ0v) is 12.6. The van der Waals surface area contributed by atoms with Gasteiger partial charge in [-0.3, -0.25) is 10.1 Å². The maximum Gasteiger partial charge on any atom is 0.312 e. The third kappa shape index (κ3) is 3.19. The first-order valence-electron chi connectivity index (χ1n) is 5.89.